The molecule has 25 heavy (non-hydrogen) atoms. The average molecular weight is 340 g/mol. The smallest absolute Gasteiger partial charge is 0.276 e. The highest BCUT2D eigenvalue weighted by Crippen LogP contribution is 2.15. The van der Waals surface area contributed by atoms with Crippen molar-refractivity contribution in [3.05, 3.63) is 66.5 Å². The van der Waals surface area contributed by atoms with Gasteiger partial charge in [0.05, 0.1) is 6.42 Å². The minimum absolute atomic E-state index is 0.00446. The summed E-state index contributed by atoms with van der Waals surface area (Å²) in [6.07, 6.45) is 1.58. The molecule has 0 unspecified atom stereocenters. The van der Waals surface area contributed by atoms with E-state index in [1.807, 2.05) is 25.1 Å². The molecule has 2 aromatic rings. The minimum Gasteiger partial charge on any atom is -0.483 e. The Kier molecular flexibility index (Phi) is 6.53. The quantitative estimate of drug-likeness (QED) is 0.639. The van der Waals surface area contributed by atoms with E-state index in [2.05, 4.69) is 27.7 Å². The van der Waals surface area contributed by atoms with E-state index in [0.717, 1.165) is 5.56 Å². The van der Waals surface area contributed by atoms with E-state index in [4.69, 9.17) is 4.74 Å². The second-order valence-electron chi connectivity index (χ2n) is 5.27. The highest BCUT2D eigenvalue weighted by atomic mass is 16.5. The largest absolute Gasteiger partial charge is 0.483 e. The first kappa shape index (κ1) is 18.0. The van der Waals surface area contributed by atoms with Gasteiger partial charge in [0.15, 0.2) is 6.61 Å². The average Bonchev–Trinajstić information content (AvgIpc) is 2.60. The van der Waals surface area contributed by atoms with Crippen LogP contribution in [0, 0.1) is 6.92 Å². The van der Waals surface area contributed by atoms with E-state index in [1.54, 1.807) is 30.5 Å². The molecule has 0 aliphatic rings. The van der Waals surface area contributed by atoms with Gasteiger partial charge in [-0.15, -0.1) is 0 Å². The van der Waals surface area contributed by atoms with Crippen LogP contribution < -0.4 is 20.9 Å². The number of carbonyl (C=O) groups excluding carboxylic acids is 2. The number of para-hydroxylation sites is 1. The molecule has 0 aliphatic carbocycles. The number of hydrogen-bond donors (Lipinski definition) is 3. The SMILES string of the molecule is C=C(CC(=O)Nc1ccccn1)NNC(=O)COc1ccccc1C. The van der Waals surface area contributed by atoms with Gasteiger partial charge in [-0.3, -0.25) is 15.0 Å². The number of nitrogens with zero attached hydrogens (tertiary/aromatic N) is 1. The van der Waals surface area contributed by atoms with Crippen LogP contribution in [0.2, 0.25) is 0 Å². The number of benzene rings is 1. The Labute approximate surface area is 146 Å². The molecule has 7 heteroatoms. The van der Waals surface area contributed by atoms with Crippen LogP contribution in [0.1, 0.15) is 12.0 Å². The summed E-state index contributed by atoms with van der Waals surface area (Å²) in [6, 6.07) is 12.6. The predicted octanol–water partition coefficient (Wildman–Crippen LogP) is 1.93. The first-order chi connectivity index (χ1) is 12.0. The summed E-state index contributed by atoms with van der Waals surface area (Å²) < 4.78 is 5.42. The third-order valence-corrected chi connectivity index (χ3v) is 3.14. The monoisotopic (exact) mass is 340 g/mol. The summed E-state index contributed by atoms with van der Waals surface area (Å²) in [6.45, 7) is 5.44. The lowest BCUT2D eigenvalue weighted by Gasteiger charge is -2.12. The fraction of sp³-hybridized carbons (Fsp3) is 0.167. The maximum absolute atomic E-state index is 11.8. The van der Waals surface area contributed by atoms with Gasteiger partial charge in [0.25, 0.3) is 5.91 Å². The van der Waals surface area contributed by atoms with Gasteiger partial charge in [-0.2, -0.15) is 0 Å². The molecule has 130 valence electrons. The molecular formula is C18H20N4O3. The molecule has 3 N–H and O–H groups in total. The zero-order valence-corrected chi connectivity index (χ0v) is 13.9. The number of hydrogen-bond acceptors (Lipinski definition) is 5. The van der Waals surface area contributed by atoms with E-state index in [-0.39, 0.29) is 24.8 Å². The molecule has 0 atom stereocenters. The molecule has 7 nitrogen and oxygen atoms in total. The normalized spacial score (nSPS) is 9.80. The molecule has 1 aromatic heterocycles. The summed E-state index contributed by atoms with van der Waals surface area (Å²) in [4.78, 5) is 27.6. The number of hydrazine groups is 1. The van der Waals surface area contributed by atoms with Crippen molar-refractivity contribution in [3.63, 3.8) is 0 Å². The van der Waals surface area contributed by atoms with Crippen LogP contribution in [0.5, 0.6) is 5.75 Å². The molecule has 2 rings (SSSR count). The first-order valence-corrected chi connectivity index (χ1v) is 7.66. The van der Waals surface area contributed by atoms with Gasteiger partial charge < -0.3 is 15.5 Å². The van der Waals surface area contributed by atoms with Crippen LogP contribution >= 0.6 is 0 Å². The van der Waals surface area contributed by atoms with Gasteiger partial charge in [0, 0.05) is 11.9 Å². The van der Waals surface area contributed by atoms with Gasteiger partial charge in [-0.05, 0) is 30.7 Å². The summed E-state index contributed by atoms with van der Waals surface area (Å²) in [5.74, 6) is 0.429. The lowest BCUT2D eigenvalue weighted by molar-refractivity contribution is -0.124. The molecule has 0 fully saturated rings. The van der Waals surface area contributed by atoms with Crippen molar-refractivity contribution in [2.45, 2.75) is 13.3 Å². The van der Waals surface area contributed by atoms with E-state index >= 15 is 0 Å². The number of nitrogens with one attached hydrogen (secondary N) is 3. The first-order valence-electron chi connectivity index (χ1n) is 7.66. The molecule has 2 amide bonds. The highest BCUT2D eigenvalue weighted by molar-refractivity contribution is 5.91. The van der Waals surface area contributed by atoms with E-state index < -0.39 is 0 Å². The number of pyridine rings is 1. The van der Waals surface area contributed by atoms with Gasteiger partial charge in [0.1, 0.15) is 11.6 Å². The van der Waals surface area contributed by atoms with E-state index in [0.29, 0.717) is 17.3 Å². The predicted molar refractivity (Wildman–Crippen MR) is 94.6 cm³/mol. The molecule has 0 spiro atoms. The van der Waals surface area contributed by atoms with Crippen molar-refractivity contribution in [1.82, 2.24) is 15.8 Å². The Balaban J connectivity index is 1.68. The van der Waals surface area contributed by atoms with Crippen LogP contribution in [0.4, 0.5) is 5.82 Å². The maximum atomic E-state index is 11.8. The van der Waals surface area contributed by atoms with Crippen molar-refractivity contribution in [1.29, 1.82) is 0 Å². The van der Waals surface area contributed by atoms with Gasteiger partial charge in [-0.1, -0.05) is 30.8 Å². The summed E-state index contributed by atoms with van der Waals surface area (Å²) >= 11 is 0. The number of anilines is 1. The second-order valence-corrected chi connectivity index (χ2v) is 5.27. The zero-order chi connectivity index (χ0) is 18.1. The lowest BCUT2D eigenvalue weighted by atomic mass is 10.2. The van der Waals surface area contributed by atoms with Crippen LogP contribution in [0.3, 0.4) is 0 Å². The number of aryl methyl sites for hydroxylation is 1. The van der Waals surface area contributed by atoms with Crippen molar-refractivity contribution in [2.75, 3.05) is 11.9 Å². The van der Waals surface area contributed by atoms with Crippen LogP contribution in [-0.4, -0.2) is 23.4 Å². The Bertz CT molecular complexity index is 747. The molecular weight excluding hydrogens is 320 g/mol. The fourth-order valence-corrected chi connectivity index (χ4v) is 1.92. The molecule has 0 saturated carbocycles. The molecule has 0 bridgehead atoms. The second kappa shape index (κ2) is 9.07. The topological polar surface area (TPSA) is 92.4 Å². The highest BCUT2D eigenvalue weighted by Gasteiger charge is 2.08. The van der Waals surface area contributed by atoms with Crippen molar-refractivity contribution >= 4 is 17.6 Å². The Hall–Kier alpha value is -3.35. The summed E-state index contributed by atoms with van der Waals surface area (Å²) in [7, 11) is 0. The van der Waals surface area contributed by atoms with Crippen molar-refractivity contribution in [3.8, 4) is 5.75 Å². The summed E-state index contributed by atoms with van der Waals surface area (Å²) in [5.41, 5.74) is 6.32. The molecule has 0 saturated heterocycles. The van der Waals surface area contributed by atoms with Crippen molar-refractivity contribution in [2.24, 2.45) is 0 Å². The fourth-order valence-electron chi connectivity index (χ4n) is 1.92. The molecule has 0 radical (unpaired) electrons. The minimum atomic E-state index is -0.380. The van der Waals surface area contributed by atoms with Gasteiger partial charge >= 0.3 is 0 Å². The summed E-state index contributed by atoms with van der Waals surface area (Å²) in [5, 5.41) is 2.63. The number of carbonyl (C=O) groups is 2. The van der Waals surface area contributed by atoms with E-state index in [9.17, 15) is 9.59 Å². The Morgan fingerprint density at radius 1 is 1.08 bits per heavy atom. The molecule has 1 aromatic carbocycles. The van der Waals surface area contributed by atoms with E-state index in [1.165, 1.54) is 0 Å². The number of rotatable bonds is 8. The Morgan fingerprint density at radius 2 is 1.84 bits per heavy atom. The van der Waals surface area contributed by atoms with Crippen LogP contribution in [0.25, 0.3) is 0 Å². The zero-order valence-electron chi connectivity index (χ0n) is 13.9. The standard InChI is InChI=1S/C18H20N4O3/c1-13-7-3-4-8-15(13)25-12-18(24)22-21-14(2)11-17(23)20-16-9-5-6-10-19-16/h3-10,21H,2,11-12H2,1H3,(H,22,24)(H,19,20,23). The lowest BCUT2D eigenvalue weighted by Crippen LogP contribution is -2.40. The molecule has 1 heterocycles. The maximum Gasteiger partial charge on any atom is 0.276 e. The number of aromatic nitrogens is 1. The third-order valence-electron chi connectivity index (χ3n) is 3.14. The Morgan fingerprint density at radius 3 is 2.56 bits per heavy atom. The van der Waals surface area contributed by atoms with Gasteiger partial charge in [-0.25, -0.2) is 4.98 Å². The number of amides is 2. The van der Waals surface area contributed by atoms with Crippen molar-refractivity contribution < 1.29 is 14.3 Å². The number of ether oxygens (including phenoxy) is 1. The van der Waals surface area contributed by atoms with Crippen LogP contribution in [-0.2, 0) is 9.59 Å². The molecule has 0 aliphatic heterocycles. The van der Waals surface area contributed by atoms with Crippen LogP contribution in [0.15, 0.2) is 60.9 Å². The third kappa shape index (κ3) is 6.34. The van der Waals surface area contributed by atoms with Gasteiger partial charge in [0.2, 0.25) is 5.91 Å².